The van der Waals surface area contributed by atoms with Crippen LogP contribution in [0.4, 0.5) is 5.69 Å². The zero-order valence-electron chi connectivity index (χ0n) is 11.3. The van der Waals surface area contributed by atoms with Crippen molar-refractivity contribution in [2.24, 2.45) is 4.99 Å². The largest absolute Gasteiger partial charge is 0.506 e. The normalized spacial score (nSPS) is 11.4. The molecular weight excluding hydrogens is 293 g/mol. The van der Waals surface area contributed by atoms with E-state index in [9.17, 15) is 5.11 Å². The van der Waals surface area contributed by atoms with E-state index in [1.165, 1.54) is 6.07 Å². The summed E-state index contributed by atoms with van der Waals surface area (Å²) in [6, 6.07) is 11.0. The molecule has 2 nitrogen and oxygen atoms in total. The van der Waals surface area contributed by atoms with Crippen LogP contribution >= 0.6 is 23.2 Å². The van der Waals surface area contributed by atoms with Crippen LogP contribution in [-0.4, -0.2) is 11.3 Å². The van der Waals surface area contributed by atoms with E-state index in [0.29, 0.717) is 16.5 Å². The number of hydrogen-bond acceptors (Lipinski definition) is 2. The van der Waals surface area contributed by atoms with Gasteiger partial charge in [-0.25, -0.2) is 0 Å². The van der Waals surface area contributed by atoms with E-state index >= 15 is 0 Å². The van der Waals surface area contributed by atoms with Crippen molar-refractivity contribution in [3.8, 4) is 5.75 Å². The van der Waals surface area contributed by atoms with E-state index in [4.69, 9.17) is 23.2 Å². The number of aromatic hydroxyl groups is 1. The van der Waals surface area contributed by atoms with Crippen molar-refractivity contribution in [2.75, 3.05) is 0 Å². The van der Waals surface area contributed by atoms with Crippen LogP contribution in [0.1, 0.15) is 30.9 Å². The van der Waals surface area contributed by atoms with Crippen LogP contribution in [0.5, 0.6) is 5.75 Å². The van der Waals surface area contributed by atoms with Crippen LogP contribution in [0.3, 0.4) is 0 Å². The molecule has 0 aliphatic rings. The van der Waals surface area contributed by atoms with Gasteiger partial charge in [0.05, 0.1) is 10.7 Å². The molecule has 1 N–H and O–H groups in total. The number of phenolic OH excluding ortho intramolecular Hbond substituents is 1. The van der Waals surface area contributed by atoms with Gasteiger partial charge >= 0.3 is 0 Å². The number of benzene rings is 2. The average molecular weight is 308 g/mol. The Balaban J connectivity index is 2.40. The van der Waals surface area contributed by atoms with Crippen molar-refractivity contribution in [1.82, 2.24) is 0 Å². The van der Waals surface area contributed by atoms with Crippen molar-refractivity contribution in [3.63, 3.8) is 0 Å². The maximum atomic E-state index is 9.90. The SMILES string of the molecule is CC(C)c1ccccc1/N=C/c1cc(Cl)cc(Cl)c1O. The topological polar surface area (TPSA) is 32.6 Å². The minimum Gasteiger partial charge on any atom is -0.506 e. The van der Waals surface area contributed by atoms with Crippen molar-refractivity contribution < 1.29 is 5.11 Å². The molecule has 0 fully saturated rings. The van der Waals surface area contributed by atoms with Crippen molar-refractivity contribution >= 4 is 35.1 Å². The highest BCUT2D eigenvalue weighted by molar-refractivity contribution is 6.36. The number of nitrogens with zero attached hydrogens (tertiary/aromatic N) is 1. The van der Waals surface area contributed by atoms with Gasteiger partial charge < -0.3 is 5.11 Å². The lowest BCUT2D eigenvalue weighted by Crippen LogP contribution is -1.89. The minimum absolute atomic E-state index is 0.0122. The first kappa shape index (κ1) is 14.9. The summed E-state index contributed by atoms with van der Waals surface area (Å²) in [5.41, 5.74) is 2.52. The van der Waals surface area contributed by atoms with E-state index in [2.05, 4.69) is 18.8 Å². The molecule has 4 heteroatoms. The van der Waals surface area contributed by atoms with E-state index in [1.54, 1.807) is 12.3 Å². The smallest absolute Gasteiger partial charge is 0.143 e. The lowest BCUT2D eigenvalue weighted by atomic mass is 10.0. The Morgan fingerprint density at radius 1 is 1.15 bits per heavy atom. The van der Waals surface area contributed by atoms with Crippen LogP contribution in [-0.2, 0) is 0 Å². The second-order valence-corrected chi connectivity index (χ2v) is 5.64. The molecular formula is C16H15Cl2NO. The number of para-hydroxylation sites is 1. The molecule has 20 heavy (non-hydrogen) atoms. The van der Waals surface area contributed by atoms with Gasteiger partial charge in [0.15, 0.2) is 0 Å². The first-order valence-electron chi connectivity index (χ1n) is 6.30. The summed E-state index contributed by atoms with van der Waals surface area (Å²) in [5.74, 6) is 0.363. The molecule has 0 saturated heterocycles. The lowest BCUT2D eigenvalue weighted by molar-refractivity contribution is 0.475. The van der Waals surface area contributed by atoms with Crippen LogP contribution in [0.2, 0.25) is 10.0 Å². The fraction of sp³-hybridized carbons (Fsp3) is 0.188. The maximum absolute atomic E-state index is 9.90. The van der Waals surface area contributed by atoms with Gasteiger partial charge in [-0.15, -0.1) is 0 Å². The Labute approximate surface area is 128 Å². The standard InChI is InChI=1S/C16H15Cl2NO/c1-10(2)13-5-3-4-6-15(13)19-9-11-7-12(17)8-14(18)16(11)20/h3-10,20H,1-2H3/b19-9+. The summed E-state index contributed by atoms with van der Waals surface area (Å²) in [6.45, 7) is 4.23. The predicted molar refractivity (Wildman–Crippen MR) is 85.9 cm³/mol. The van der Waals surface area contributed by atoms with Crippen molar-refractivity contribution in [1.29, 1.82) is 0 Å². The molecule has 104 valence electrons. The van der Waals surface area contributed by atoms with E-state index < -0.39 is 0 Å². The highest BCUT2D eigenvalue weighted by Gasteiger charge is 2.07. The molecule has 0 aromatic heterocycles. The Hall–Kier alpha value is -1.51. The minimum atomic E-state index is -0.0122. The zero-order chi connectivity index (χ0) is 14.7. The van der Waals surface area contributed by atoms with Crippen LogP contribution in [0.25, 0.3) is 0 Å². The van der Waals surface area contributed by atoms with Crippen LogP contribution < -0.4 is 0 Å². The molecule has 0 saturated carbocycles. The Morgan fingerprint density at radius 3 is 2.55 bits per heavy atom. The second-order valence-electron chi connectivity index (χ2n) is 4.80. The summed E-state index contributed by atoms with van der Waals surface area (Å²) in [4.78, 5) is 4.44. The monoisotopic (exact) mass is 307 g/mol. The Morgan fingerprint density at radius 2 is 1.85 bits per heavy atom. The van der Waals surface area contributed by atoms with Gasteiger partial charge in [-0.1, -0.05) is 55.2 Å². The maximum Gasteiger partial charge on any atom is 0.143 e. The van der Waals surface area contributed by atoms with Gasteiger partial charge in [-0.2, -0.15) is 0 Å². The van der Waals surface area contributed by atoms with Crippen molar-refractivity contribution in [3.05, 3.63) is 57.6 Å². The molecule has 2 rings (SSSR count). The first-order chi connectivity index (χ1) is 9.49. The van der Waals surface area contributed by atoms with Crippen molar-refractivity contribution in [2.45, 2.75) is 19.8 Å². The molecule has 0 atom stereocenters. The molecule has 0 aliphatic heterocycles. The highest BCUT2D eigenvalue weighted by Crippen LogP contribution is 2.31. The van der Waals surface area contributed by atoms with Gasteiger partial charge in [0.1, 0.15) is 5.75 Å². The fourth-order valence-electron chi connectivity index (χ4n) is 1.92. The third kappa shape index (κ3) is 3.33. The van der Waals surface area contributed by atoms with Crippen LogP contribution in [0.15, 0.2) is 41.4 Å². The van der Waals surface area contributed by atoms with Crippen LogP contribution in [0, 0.1) is 0 Å². The molecule has 0 aliphatic carbocycles. The van der Waals surface area contributed by atoms with Gasteiger partial charge in [0.25, 0.3) is 0 Å². The lowest BCUT2D eigenvalue weighted by Gasteiger charge is -2.08. The summed E-state index contributed by atoms with van der Waals surface area (Å²) < 4.78 is 0. The number of aliphatic imine (C=N–C) groups is 1. The number of hydrogen-bond donors (Lipinski definition) is 1. The molecule has 0 bridgehead atoms. The third-order valence-corrected chi connectivity index (χ3v) is 3.47. The fourth-order valence-corrected chi connectivity index (χ4v) is 2.43. The molecule has 2 aromatic carbocycles. The van der Waals surface area contributed by atoms with E-state index in [0.717, 1.165) is 11.3 Å². The Kier molecular flexibility index (Phi) is 4.69. The van der Waals surface area contributed by atoms with Gasteiger partial charge in [0, 0.05) is 16.8 Å². The summed E-state index contributed by atoms with van der Waals surface area (Å²) in [5, 5.41) is 10.6. The average Bonchev–Trinajstić information content (AvgIpc) is 2.41. The summed E-state index contributed by atoms with van der Waals surface area (Å²) in [7, 11) is 0. The summed E-state index contributed by atoms with van der Waals surface area (Å²) >= 11 is 11.8. The van der Waals surface area contributed by atoms with E-state index in [1.807, 2.05) is 24.3 Å². The quantitative estimate of drug-likeness (QED) is 0.738. The molecule has 0 radical (unpaired) electrons. The third-order valence-electron chi connectivity index (χ3n) is 2.96. The molecule has 0 amide bonds. The first-order valence-corrected chi connectivity index (χ1v) is 7.05. The predicted octanol–water partition coefficient (Wildman–Crippen LogP) is 5.57. The number of phenols is 1. The highest BCUT2D eigenvalue weighted by atomic mass is 35.5. The zero-order valence-corrected chi connectivity index (χ0v) is 12.8. The number of halogens is 2. The molecule has 0 spiro atoms. The van der Waals surface area contributed by atoms with E-state index in [-0.39, 0.29) is 10.8 Å². The molecule has 0 heterocycles. The van der Waals surface area contributed by atoms with Gasteiger partial charge in [-0.3, -0.25) is 4.99 Å². The second kappa shape index (κ2) is 6.29. The Bertz CT molecular complexity index is 651. The summed E-state index contributed by atoms with van der Waals surface area (Å²) in [6.07, 6.45) is 1.58. The van der Waals surface area contributed by atoms with Gasteiger partial charge in [0.2, 0.25) is 0 Å². The number of rotatable bonds is 3. The molecule has 0 unspecified atom stereocenters. The molecule has 2 aromatic rings. The van der Waals surface area contributed by atoms with Gasteiger partial charge in [-0.05, 0) is 29.7 Å².